The number of rotatable bonds is 2. The largest absolute Gasteiger partial charge is 0.432 e. The van der Waals surface area contributed by atoms with Crippen LogP contribution in [-0.4, -0.2) is 37.2 Å². The van der Waals surface area contributed by atoms with Gasteiger partial charge in [0.1, 0.15) is 6.26 Å². The van der Waals surface area contributed by atoms with Crippen molar-refractivity contribution in [1.29, 1.82) is 0 Å². The van der Waals surface area contributed by atoms with E-state index in [4.69, 9.17) is 4.42 Å². The topological polar surface area (TPSA) is 35.8 Å². The number of fused-ring (bicyclic) bond motifs is 3. The Balaban J connectivity index is 1.48. The molecule has 5 nitrogen and oxygen atoms in total. The molecule has 0 N–H and O–H groups in total. The molecule has 0 aliphatic carbocycles. The minimum atomic E-state index is -4.34. The first kappa shape index (κ1) is 17.9. The Morgan fingerprint density at radius 3 is 2.38 bits per heavy atom. The van der Waals surface area contributed by atoms with E-state index in [0.29, 0.717) is 12.6 Å². The number of para-hydroxylation sites is 2. The highest BCUT2D eigenvalue weighted by molar-refractivity contribution is 5.80. The zero-order chi connectivity index (χ0) is 20.0. The second kappa shape index (κ2) is 6.72. The van der Waals surface area contributed by atoms with Crippen LogP contribution in [0.5, 0.6) is 0 Å². The molecule has 8 heteroatoms. The van der Waals surface area contributed by atoms with E-state index in [1.54, 1.807) is 24.6 Å². The first-order chi connectivity index (χ1) is 14.0. The Labute approximate surface area is 166 Å². The van der Waals surface area contributed by atoms with Gasteiger partial charge in [-0.2, -0.15) is 13.2 Å². The van der Waals surface area contributed by atoms with Gasteiger partial charge in [0.2, 0.25) is 0 Å². The summed E-state index contributed by atoms with van der Waals surface area (Å²) >= 11 is 0. The molecule has 29 heavy (non-hydrogen) atoms. The molecule has 1 fully saturated rings. The van der Waals surface area contributed by atoms with E-state index < -0.39 is 11.7 Å². The molecule has 1 atom stereocenters. The van der Waals surface area contributed by atoms with Crippen LogP contribution >= 0.6 is 0 Å². The predicted octanol–water partition coefficient (Wildman–Crippen LogP) is 4.54. The highest BCUT2D eigenvalue weighted by Gasteiger charge is 2.37. The quantitative estimate of drug-likeness (QED) is 0.631. The van der Waals surface area contributed by atoms with E-state index in [2.05, 4.69) is 25.8 Å². The average molecular weight is 400 g/mol. The third-order valence-electron chi connectivity index (χ3n) is 5.55. The number of halogens is 3. The lowest BCUT2D eigenvalue weighted by atomic mass is 10.0. The Morgan fingerprint density at radius 2 is 1.69 bits per heavy atom. The van der Waals surface area contributed by atoms with Gasteiger partial charge in [0.25, 0.3) is 6.01 Å². The molecule has 0 spiro atoms. The fourth-order valence-electron chi connectivity index (χ4n) is 4.19. The molecule has 150 valence electrons. The summed E-state index contributed by atoms with van der Waals surface area (Å²) < 4.78 is 44.3. The summed E-state index contributed by atoms with van der Waals surface area (Å²) in [6.45, 7) is 3.02. The molecule has 3 heterocycles. The molecule has 1 aromatic heterocycles. The van der Waals surface area contributed by atoms with Gasteiger partial charge in [-0.1, -0.05) is 12.1 Å². The van der Waals surface area contributed by atoms with Crippen molar-refractivity contribution in [3.05, 3.63) is 66.6 Å². The lowest BCUT2D eigenvalue weighted by Gasteiger charge is -2.49. The predicted molar refractivity (Wildman–Crippen MR) is 105 cm³/mol. The molecule has 2 aliphatic rings. The number of alkyl halides is 3. The van der Waals surface area contributed by atoms with Crippen molar-refractivity contribution in [3.8, 4) is 0 Å². The molecular formula is C21H19F3N4O. The minimum Gasteiger partial charge on any atom is -0.432 e. The molecule has 0 bridgehead atoms. The van der Waals surface area contributed by atoms with Crippen LogP contribution in [0.15, 0.2) is 65.4 Å². The molecule has 1 saturated heterocycles. The van der Waals surface area contributed by atoms with Crippen LogP contribution in [-0.2, 0) is 6.18 Å². The maximum atomic E-state index is 13.0. The van der Waals surface area contributed by atoms with Crippen LogP contribution in [0.1, 0.15) is 5.56 Å². The Morgan fingerprint density at radius 1 is 0.931 bits per heavy atom. The number of aromatic nitrogens is 1. The van der Waals surface area contributed by atoms with E-state index in [9.17, 15) is 13.2 Å². The summed E-state index contributed by atoms with van der Waals surface area (Å²) in [7, 11) is 0. The van der Waals surface area contributed by atoms with Gasteiger partial charge in [-0.15, -0.1) is 0 Å². The number of oxazole rings is 1. The number of anilines is 4. The van der Waals surface area contributed by atoms with Crippen LogP contribution in [0.4, 0.5) is 36.2 Å². The lowest BCUT2D eigenvalue weighted by molar-refractivity contribution is -0.137. The van der Waals surface area contributed by atoms with Gasteiger partial charge in [0.15, 0.2) is 0 Å². The van der Waals surface area contributed by atoms with E-state index >= 15 is 0 Å². The SMILES string of the molecule is FC(F)(F)c1ccc(N2CC3CN(c4ncco4)CCN3c3ccccc32)cc1. The number of piperazine rings is 1. The second-order valence-corrected chi connectivity index (χ2v) is 7.25. The average Bonchev–Trinajstić information content (AvgIpc) is 3.27. The van der Waals surface area contributed by atoms with Gasteiger partial charge < -0.3 is 19.1 Å². The third kappa shape index (κ3) is 3.18. The summed E-state index contributed by atoms with van der Waals surface area (Å²) in [4.78, 5) is 10.8. The highest BCUT2D eigenvalue weighted by Crippen LogP contribution is 2.41. The smallest absolute Gasteiger partial charge is 0.416 e. The number of benzene rings is 2. The van der Waals surface area contributed by atoms with Crippen molar-refractivity contribution in [2.75, 3.05) is 40.9 Å². The van der Waals surface area contributed by atoms with Crippen molar-refractivity contribution in [3.63, 3.8) is 0 Å². The van der Waals surface area contributed by atoms with Crippen LogP contribution < -0.4 is 14.7 Å². The van der Waals surface area contributed by atoms with Gasteiger partial charge in [-0.05, 0) is 36.4 Å². The summed E-state index contributed by atoms with van der Waals surface area (Å²) in [5, 5.41) is 0. The van der Waals surface area contributed by atoms with E-state index in [-0.39, 0.29) is 6.04 Å². The van der Waals surface area contributed by atoms with Gasteiger partial charge in [-0.3, -0.25) is 0 Å². The Bertz CT molecular complexity index is 988. The van der Waals surface area contributed by atoms with Crippen LogP contribution in [0.25, 0.3) is 0 Å². The molecular weight excluding hydrogens is 381 g/mol. The zero-order valence-corrected chi connectivity index (χ0v) is 15.5. The lowest BCUT2D eigenvalue weighted by Crippen LogP contribution is -2.59. The summed E-state index contributed by atoms with van der Waals surface area (Å²) in [5.74, 6) is 0. The van der Waals surface area contributed by atoms with Crippen LogP contribution in [0.3, 0.4) is 0 Å². The molecule has 3 aromatic rings. The Kier molecular flexibility index (Phi) is 4.15. The standard InChI is InChI=1S/C21H19F3N4O/c22-21(23,24)15-5-7-16(8-6-15)28-14-17-13-26(20-25-9-12-29-20)10-11-27(17)18-3-1-2-4-19(18)28/h1-9,12,17H,10-11,13-14H2. The second-order valence-electron chi connectivity index (χ2n) is 7.25. The van der Waals surface area contributed by atoms with Crippen LogP contribution in [0.2, 0.25) is 0 Å². The summed E-state index contributed by atoms with van der Waals surface area (Å²) in [6.07, 6.45) is -1.15. The number of nitrogens with zero attached hydrogens (tertiary/aromatic N) is 4. The summed E-state index contributed by atoms with van der Waals surface area (Å²) in [6, 6.07) is 14.2. The number of hydrogen-bond donors (Lipinski definition) is 0. The molecule has 0 saturated carbocycles. The fourth-order valence-corrected chi connectivity index (χ4v) is 4.19. The number of hydrogen-bond acceptors (Lipinski definition) is 5. The maximum Gasteiger partial charge on any atom is 0.416 e. The van der Waals surface area contributed by atoms with Crippen molar-refractivity contribution in [2.45, 2.75) is 12.2 Å². The maximum absolute atomic E-state index is 13.0. The minimum absolute atomic E-state index is 0.160. The summed E-state index contributed by atoms with van der Waals surface area (Å²) in [5.41, 5.74) is 2.21. The van der Waals surface area contributed by atoms with Crippen molar-refractivity contribution in [2.24, 2.45) is 0 Å². The molecule has 0 radical (unpaired) electrons. The first-order valence-corrected chi connectivity index (χ1v) is 9.45. The van der Waals surface area contributed by atoms with Gasteiger partial charge in [0.05, 0.1) is 29.2 Å². The van der Waals surface area contributed by atoms with Gasteiger partial charge in [-0.25, -0.2) is 4.98 Å². The molecule has 0 amide bonds. The van der Waals surface area contributed by atoms with Gasteiger partial charge >= 0.3 is 6.18 Å². The molecule has 2 aromatic carbocycles. The van der Waals surface area contributed by atoms with E-state index in [1.807, 2.05) is 18.2 Å². The highest BCUT2D eigenvalue weighted by atomic mass is 19.4. The van der Waals surface area contributed by atoms with E-state index in [0.717, 1.165) is 48.8 Å². The van der Waals surface area contributed by atoms with Crippen molar-refractivity contribution in [1.82, 2.24) is 4.98 Å². The normalized spacial score (nSPS) is 19.1. The zero-order valence-electron chi connectivity index (χ0n) is 15.5. The Hall–Kier alpha value is -3.16. The van der Waals surface area contributed by atoms with Crippen molar-refractivity contribution >= 4 is 23.1 Å². The molecule has 1 unspecified atom stereocenters. The van der Waals surface area contributed by atoms with Gasteiger partial charge in [0, 0.05) is 31.9 Å². The third-order valence-corrected chi connectivity index (χ3v) is 5.55. The van der Waals surface area contributed by atoms with Crippen LogP contribution in [0, 0.1) is 0 Å². The molecule has 2 aliphatic heterocycles. The van der Waals surface area contributed by atoms with Crippen molar-refractivity contribution < 1.29 is 17.6 Å². The molecule has 5 rings (SSSR count). The monoisotopic (exact) mass is 400 g/mol. The fraction of sp³-hybridized carbons (Fsp3) is 0.286. The first-order valence-electron chi connectivity index (χ1n) is 9.45. The van der Waals surface area contributed by atoms with E-state index in [1.165, 1.54) is 0 Å².